The van der Waals surface area contributed by atoms with Crippen molar-refractivity contribution in [3.05, 3.63) is 83.4 Å². The highest BCUT2D eigenvalue weighted by atomic mass is 19.1. The van der Waals surface area contributed by atoms with Gasteiger partial charge in [-0.3, -0.25) is 14.5 Å². The van der Waals surface area contributed by atoms with Gasteiger partial charge in [-0.2, -0.15) is 0 Å². The monoisotopic (exact) mass is 612 g/mol. The van der Waals surface area contributed by atoms with Gasteiger partial charge in [0.1, 0.15) is 23.2 Å². The van der Waals surface area contributed by atoms with Gasteiger partial charge in [-0.1, -0.05) is 30.8 Å². The number of fused-ring (bicyclic) bond motifs is 3. The lowest BCUT2D eigenvalue weighted by atomic mass is 9.95. The maximum atomic E-state index is 16.3. The van der Waals surface area contributed by atoms with E-state index in [0.717, 1.165) is 16.8 Å². The molecule has 1 N–H and O–H groups in total. The van der Waals surface area contributed by atoms with Crippen LogP contribution in [0.2, 0.25) is 0 Å². The number of carbonyl (C=O) groups excluding carboxylic acids is 2. The van der Waals surface area contributed by atoms with Gasteiger partial charge in [0.2, 0.25) is 18.2 Å². The zero-order chi connectivity index (χ0) is 31.6. The summed E-state index contributed by atoms with van der Waals surface area (Å²) < 4.78 is 38.4. The van der Waals surface area contributed by atoms with Crippen molar-refractivity contribution in [1.29, 1.82) is 0 Å². The Morgan fingerprint density at radius 1 is 1.07 bits per heavy atom. The number of aryl methyl sites for hydroxylation is 1. The number of aromatic nitrogens is 1. The quantitative estimate of drug-likeness (QED) is 0.356. The van der Waals surface area contributed by atoms with Gasteiger partial charge >= 0.3 is 0 Å². The van der Waals surface area contributed by atoms with Crippen LogP contribution in [0.5, 0.6) is 0 Å². The molecule has 1 saturated heterocycles. The summed E-state index contributed by atoms with van der Waals surface area (Å²) in [7, 11) is 0. The van der Waals surface area contributed by atoms with Gasteiger partial charge in [0.15, 0.2) is 5.82 Å². The second-order valence-corrected chi connectivity index (χ2v) is 12.1. The number of hydrogen-bond acceptors (Lipinski definition) is 7. The smallest absolute Gasteiger partial charge is 0.246 e. The van der Waals surface area contributed by atoms with E-state index in [-0.39, 0.29) is 53.4 Å². The Hall–Kier alpha value is -4.64. The zero-order valence-electron chi connectivity index (χ0n) is 25.4. The molecule has 9 nitrogen and oxygen atoms in total. The molecule has 0 aliphatic carbocycles. The summed E-state index contributed by atoms with van der Waals surface area (Å²) in [6.45, 7) is 10.4. The van der Waals surface area contributed by atoms with Crippen LogP contribution < -0.4 is 10.2 Å². The van der Waals surface area contributed by atoms with Crippen LogP contribution in [0, 0.1) is 11.6 Å². The van der Waals surface area contributed by atoms with Gasteiger partial charge < -0.3 is 19.9 Å². The Bertz CT molecular complexity index is 1780. The number of aliphatic imine (C=N–C) groups is 1. The first kappa shape index (κ1) is 29.1. The Morgan fingerprint density at radius 3 is 2.67 bits per heavy atom. The Kier molecular flexibility index (Phi) is 7.15. The average molecular weight is 613 g/mol. The van der Waals surface area contributed by atoms with Crippen molar-refractivity contribution >= 4 is 34.8 Å². The fourth-order valence-corrected chi connectivity index (χ4v) is 6.93. The number of anilines is 3. The Morgan fingerprint density at radius 2 is 1.87 bits per heavy atom. The lowest BCUT2D eigenvalue weighted by Crippen LogP contribution is -2.60. The van der Waals surface area contributed by atoms with Gasteiger partial charge in [-0.25, -0.2) is 18.8 Å². The zero-order valence-corrected chi connectivity index (χ0v) is 25.4. The number of para-hydroxylation sites is 1. The third-order valence-corrected chi connectivity index (χ3v) is 9.12. The third kappa shape index (κ3) is 4.77. The lowest BCUT2D eigenvalue weighted by molar-refractivity contribution is -0.130. The lowest BCUT2D eigenvalue weighted by Gasteiger charge is -2.48. The van der Waals surface area contributed by atoms with Gasteiger partial charge in [0.25, 0.3) is 0 Å². The molecule has 2 aromatic carbocycles. The van der Waals surface area contributed by atoms with E-state index in [9.17, 15) is 9.59 Å². The molecule has 0 spiro atoms. The minimum absolute atomic E-state index is 0.121. The largest absolute Gasteiger partial charge is 0.350 e. The molecule has 45 heavy (non-hydrogen) atoms. The van der Waals surface area contributed by atoms with E-state index in [1.54, 1.807) is 11.0 Å². The van der Waals surface area contributed by atoms with E-state index in [2.05, 4.69) is 16.8 Å². The van der Waals surface area contributed by atoms with Crippen molar-refractivity contribution < 1.29 is 23.1 Å². The summed E-state index contributed by atoms with van der Waals surface area (Å²) in [5.41, 5.74) is 3.01. The minimum atomic E-state index is -0.831. The highest BCUT2D eigenvalue weighted by molar-refractivity contribution is 6.06. The van der Waals surface area contributed by atoms with Crippen LogP contribution in [0.25, 0.3) is 11.3 Å². The molecular formula is C34H34F2N6O3. The van der Waals surface area contributed by atoms with Crippen LogP contribution in [-0.4, -0.2) is 64.0 Å². The maximum Gasteiger partial charge on any atom is 0.246 e. The molecule has 2 amide bonds. The van der Waals surface area contributed by atoms with E-state index in [1.165, 1.54) is 24.3 Å². The molecular weight excluding hydrogens is 578 g/mol. The topological polar surface area (TPSA) is 90.4 Å². The number of pyridine rings is 1. The molecule has 1 aromatic heterocycles. The molecule has 11 heteroatoms. The molecule has 1 fully saturated rings. The second-order valence-electron chi connectivity index (χ2n) is 12.1. The van der Waals surface area contributed by atoms with Gasteiger partial charge in [0, 0.05) is 37.2 Å². The first-order valence-corrected chi connectivity index (χ1v) is 15.3. The predicted octanol–water partition coefficient (Wildman–Crippen LogP) is 5.68. The predicted molar refractivity (Wildman–Crippen MR) is 167 cm³/mol. The van der Waals surface area contributed by atoms with Crippen LogP contribution in [0.15, 0.2) is 60.1 Å². The molecule has 2 unspecified atom stereocenters. The van der Waals surface area contributed by atoms with E-state index in [1.807, 2.05) is 43.9 Å². The highest BCUT2D eigenvalue weighted by Crippen LogP contribution is 2.48. The molecule has 5 heterocycles. The molecule has 4 atom stereocenters. The van der Waals surface area contributed by atoms with Crippen molar-refractivity contribution in [1.82, 2.24) is 14.8 Å². The van der Waals surface area contributed by atoms with E-state index in [4.69, 9.17) is 14.7 Å². The number of rotatable bonds is 1. The van der Waals surface area contributed by atoms with Gasteiger partial charge in [0.05, 0.1) is 28.6 Å². The van der Waals surface area contributed by atoms with Gasteiger partial charge in [-0.05, 0) is 63.5 Å². The number of nitrogens with one attached hydrogen (secondary N) is 1. The maximum absolute atomic E-state index is 16.3. The fourth-order valence-electron chi connectivity index (χ4n) is 6.93. The normalized spacial score (nSPS) is 24.0. The van der Waals surface area contributed by atoms with Crippen molar-refractivity contribution in [3.8, 4) is 11.3 Å². The number of hydrogen-bond donors (Lipinski definition) is 1. The standard InChI is InChI=1S/C34H34F2N6O3/c1-5-28(44)40-16-19(3)41(17-18(40)2)32-23-15-25(36)30-29-24(35)12-8-13-26(29)37-27(43)14-7-10-21-9-6-11-22-20(4)45-34(39-32)42(31(21)22)33(23)38-30/h5-6,8-9,11-13,15,18-20,34H,1,7,10,14,16-17H2,2-4H3,(H,37,43)/t18-,19+,20?,34?/m1/s1. The summed E-state index contributed by atoms with van der Waals surface area (Å²) in [6.07, 6.45) is 1.51. The van der Waals surface area contributed by atoms with Gasteiger partial charge in [-0.15, -0.1) is 0 Å². The number of ether oxygens (including phenoxy) is 1. The summed E-state index contributed by atoms with van der Waals surface area (Å²) in [6, 6.07) is 11.2. The van der Waals surface area contributed by atoms with Crippen LogP contribution in [-0.2, 0) is 20.7 Å². The van der Waals surface area contributed by atoms with Crippen LogP contribution in [0.4, 0.5) is 26.0 Å². The molecule has 4 aliphatic heterocycles. The number of carbonyl (C=O) groups is 2. The number of amides is 2. The summed E-state index contributed by atoms with van der Waals surface area (Å²) in [4.78, 5) is 41.2. The first-order chi connectivity index (χ1) is 21.7. The Labute approximate surface area is 260 Å². The second kappa shape index (κ2) is 11.1. The average Bonchev–Trinajstić information content (AvgIpc) is 3.02. The molecule has 232 valence electrons. The number of amidine groups is 1. The molecule has 3 aromatic rings. The summed E-state index contributed by atoms with van der Waals surface area (Å²) >= 11 is 0. The molecule has 4 aliphatic rings. The van der Waals surface area contributed by atoms with Crippen molar-refractivity contribution in [3.63, 3.8) is 0 Å². The fraction of sp³-hybridized carbons (Fsp3) is 0.353. The van der Waals surface area contributed by atoms with E-state index >= 15 is 8.78 Å². The van der Waals surface area contributed by atoms with E-state index < -0.39 is 18.0 Å². The number of benzene rings is 2. The SMILES string of the molecule is C=CC(=O)N1C[C@H](C)N(C2=NC3OC(C)c4cccc5c4N3c3nc(c(F)cc32)-c2c(F)cccc2NC(=O)CCC5)C[C@H]1C. The molecule has 0 saturated carbocycles. The Balaban J connectivity index is 1.47. The van der Waals surface area contributed by atoms with Crippen LogP contribution in [0.3, 0.4) is 0 Å². The molecule has 2 bridgehead atoms. The van der Waals surface area contributed by atoms with E-state index in [0.29, 0.717) is 43.1 Å². The van der Waals surface area contributed by atoms with Crippen LogP contribution in [0.1, 0.15) is 56.4 Å². The van der Waals surface area contributed by atoms with Crippen molar-refractivity contribution in [2.45, 2.75) is 64.6 Å². The van der Waals surface area contributed by atoms with Crippen LogP contribution >= 0.6 is 0 Å². The highest BCUT2D eigenvalue weighted by Gasteiger charge is 2.43. The number of halogens is 2. The van der Waals surface area contributed by atoms with Crippen molar-refractivity contribution in [2.24, 2.45) is 4.99 Å². The first-order valence-electron chi connectivity index (χ1n) is 15.3. The minimum Gasteiger partial charge on any atom is -0.350 e. The summed E-state index contributed by atoms with van der Waals surface area (Å²) in [5.74, 6) is -1.02. The summed E-state index contributed by atoms with van der Waals surface area (Å²) in [5, 5.41) is 2.79. The molecule has 0 radical (unpaired) electrons. The van der Waals surface area contributed by atoms with Crippen molar-refractivity contribution in [2.75, 3.05) is 23.3 Å². The molecule has 7 rings (SSSR count). The third-order valence-electron chi connectivity index (χ3n) is 9.12. The number of nitrogens with zero attached hydrogens (tertiary/aromatic N) is 5. The number of piperazine rings is 1.